The van der Waals surface area contributed by atoms with Crippen LogP contribution in [0, 0.1) is 6.92 Å². The fourth-order valence-corrected chi connectivity index (χ4v) is 5.32. The molecule has 7 nitrogen and oxygen atoms in total. The number of fused-ring (bicyclic) bond motifs is 3. The Hall–Kier alpha value is -3.65. The maximum Gasteiger partial charge on any atom is 0.136 e. The third-order valence-corrected chi connectivity index (χ3v) is 6.66. The van der Waals surface area contributed by atoms with Crippen molar-refractivity contribution in [3.05, 3.63) is 70.1 Å². The van der Waals surface area contributed by atoms with Crippen LogP contribution in [0.1, 0.15) is 34.4 Å². The van der Waals surface area contributed by atoms with Crippen molar-refractivity contribution in [3.8, 4) is 27.5 Å². The molecule has 33 heavy (non-hydrogen) atoms. The number of aryl methyl sites for hydroxylation is 2. The third kappa shape index (κ3) is 4.09. The van der Waals surface area contributed by atoms with E-state index in [0.29, 0.717) is 6.42 Å². The molecule has 3 heterocycles. The Labute approximate surface area is 195 Å². The van der Waals surface area contributed by atoms with Crippen molar-refractivity contribution < 1.29 is 9.63 Å². The Bertz CT molecular complexity index is 1370. The van der Waals surface area contributed by atoms with Gasteiger partial charge in [-0.05, 0) is 56.5 Å². The number of Topliss-reactive ketones (excluding diaryl/α,β-unsaturated/α-hetero) is 1. The summed E-state index contributed by atoms with van der Waals surface area (Å²) in [4.78, 5) is 26.9. The van der Waals surface area contributed by atoms with Gasteiger partial charge in [-0.2, -0.15) is 5.10 Å². The number of hydrogen-bond acceptors (Lipinski definition) is 7. The molecular formula is C25H23N5O2S. The Balaban J connectivity index is 1.71. The number of ketones is 1. The fraction of sp³-hybridized carbons (Fsp3) is 0.240. The average molecular weight is 458 g/mol. The first-order valence-corrected chi connectivity index (χ1v) is 11.6. The highest BCUT2D eigenvalue weighted by molar-refractivity contribution is 7.15. The van der Waals surface area contributed by atoms with Crippen LogP contribution in [0.25, 0.3) is 27.5 Å². The molecule has 5 rings (SSSR count). The molecule has 0 atom stereocenters. The summed E-state index contributed by atoms with van der Waals surface area (Å²) in [5.41, 5.74) is 7.99. The lowest BCUT2D eigenvalue weighted by atomic mass is 9.95. The van der Waals surface area contributed by atoms with Gasteiger partial charge < -0.3 is 4.84 Å². The van der Waals surface area contributed by atoms with Crippen molar-refractivity contribution in [2.45, 2.75) is 33.1 Å². The maximum absolute atomic E-state index is 11.7. The minimum Gasteiger partial charge on any atom is -0.399 e. The smallest absolute Gasteiger partial charge is 0.136 e. The summed E-state index contributed by atoms with van der Waals surface area (Å²) in [6, 6.07) is 12.1. The van der Waals surface area contributed by atoms with Crippen LogP contribution in [-0.2, 0) is 28.9 Å². The van der Waals surface area contributed by atoms with E-state index in [4.69, 9.17) is 14.9 Å². The molecule has 1 aliphatic carbocycles. The van der Waals surface area contributed by atoms with Crippen LogP contribution in [0.4, 0.5) is 0 Å². The van der Waals surface area contributed by atoms with E-state index in [1.807, 2.05) is 48.1 Å². The molecule has 0 saturated carbocycles. The summed E-state index contributed by atoms with van der Waals surface area (Å²) in [6.45, 7) is 3.58. The van der Waals surface area contributed by atoms with Crippen LogP contribution in [0.5, 0.6) is 0 Å². The van der Waals surface area contributed by atoms with Crippen LogP contribution in [0.15, 0.2) is 47.8 Å². The standard InChI is InChI=1S/C25H23N5O2S/c1-15-7-8-18(14-26-15)23-20-9-10-21-25(33-22(28-21)11-16(2)31)24(20)30(29-23)19-6-4-5-17(12-19)13-27-32-3/h4-8,12-14H,9-11H2,1-3H3/b27-13+. The van der Waals surface area contributed by atoms with Gasteiger partial charge in [0, 0.05) is 23.0 Å². The van der Waals surface area contributed by atoms with E-state index in [2.05, 4.69) is 16.2 Å². The van der Waals surface area contributed by atoms with Gasteiger partial charge in [0.25, 0.3) is 0 Å². The van der Waals surface area contributed by atoms with E-state index in [1.54, 1.807) is 24.5 Å². The van der Waals surface area contributed by atoms with Gasteiger partial charge in [-0.3, -0.25) is 9.78 Å². The van der Waals surface area contributed by atoms with E-state index in [-0.39, 0.29) is 5.78 Å². The molecule has 0 bridgehead atoms. The summed E-state index contributed by atoms with van der Waals surface area (Å²) < 4.78 is 1.99. The number of aromatic nitrogens is 4. The molecule has 0 amide bonds. The molecule has 1 aliphatic rings. The Morgan fingerprint density at radius 2 is 2.15 bits per heavy atom. The molecular weight excluding hydrogens is 434 g/mol. The summed E-state index contributed by atoms with van der Waals surface area (Å²) >= 11 is 1.59. The van der Waals surface area contributed by atoms with Crippen LogP contribution in [-0.4, -0.2) is 38.9 Å². The van der Waals surface area contributed by atoms with Gasteiger partial charge in [-0.1, -0.05) is 17.3 Å². The highest BCUT2D eigenvalue weighted by atomic mass is 32.1. The molecule has 0 fully saturated rings. The van der Waals surface area contributed by atoms with Crippen molar-refractivity contribution >= 4 is 23.3 Å². The minimum atomic E-state index is 0.117. The zero-order chi connectivity index (χ0) is 22.9. The Morgan fingerprint density at radius 1 is 1.27 bits per heavy atom. The second-order valence-corrected chi connectivity index (χ2v) is 9.13. The molecule has 4 aromatic rings. The molecule has 0 aliphatic heterocycles. The summed E-state index contributed by atoms with van der Waals surface area (Å²) in [5.74, 6) is 0.117. The molecule has 0 spiro atoms. The number of hydrogen-bond donors (Lipinski definition) is 0. The van der Waals surface area contributed by atoms with Crippen LogP contribution in [0.3, 0.4) is 0 Å². The summed E-state index contributed by atoms with van der Waals surface area (Å²) in [6.07, 6.45) is 5.58. The zero-order valence-corrected chi connectivity index (χ0v) is 19.5. The van der Waals surface area contributed by atoms with Gasteiger partial charge in [0.1, 0.15) is 17.9 Å². The Kier molecular flexibility index (Phi) is 5.60. The first-order chi connectivity index (χ1) is 16.0. The molecule has 0 radical (unpaired) electrons. The zero-order valence-electron chi connectivity index (χ0n) is 18.7. The first-order valence-electron chi connectivity index (χ1n) is 10.7. The van der Waals surface area contributed by atoms with Gasteiger partial charge in [-0.15, -0.1) is 11.3 Å². The van der Waals surface area contributed by atoms with Crippen molar-refractivity contribution in [2.75, 3.05) is 7.11 Å². The molecule has 0 saturated heterocycles. The lowest BCUT2D eigenvalue weighted by Crippen LogP contribution is -2.06. The van der Waals surface area contributed by atoms with Gasteiger partial charge in [0.05, 0.1) is 40.3 Å². The number of thiazole rings is 1. The van der Waals surface area contributed by atoms with Crippen LogP contribution >= 0.6 is 11.3 Å². The molecule has 1 aromatic carbocycles. The predicted octanol–water partition coefficient (Wildman–Crippen LogP) is 4.58. The fourth-order valence-electron chi connectivity index (χ4n) is 4.08. The van der Waals surface area contributed by atoms with E-state index in [9.17, 15) is 4.79 Å². The number of oxime groups is 1. The average Bonchev–Trinajstić information content (AvgIpc) is 3.39. The van der Waals surface area contributed by atoms with E-state index < -0.39 is 0 Å². The second kappa shape index (κ2) is 8.71. The molecule has 0 unspecified atom stereocenters. The van der Waals surface area contributed by atoms with E-state index in [0.717, 1.165) is 62.3 Å². The van der Waals surface area contributed by atoms with E-state index >= 15 is 0 Å². The number of carbonyl (C=O) groups is 1. The maximum atomic E-state index is 11.7. The molecule has 166 valence electrons. The highest BCUT2D eigenvalue weighted by Gasteiger charge is 2.30. The normalized spacial score (nSPS) is 12.6. The molecule has 3 aromatic heterocycles. The van der Waals surface area contributed by atoms with E-state index in [1.165, 1.54) is 12.7 Å². The van der Waals surface area contributed by atoms with Gasteiger partial charge in [0.2, 0.25) is 0 Å². The first kappa shape index (κ1) is 21.2. The number of benzene rings is 1. The lowest BCUT2D eigenvalue weighted by Gasteiger charge is -2.14. The number of pyridine rings is 1. The summed E-state index contributed by atoms with van der Waals surface area (Å²) in [5, 5.41) is 9.81. The van der Waals surface area contributed by atoms with Crippen molar-refractivity contribution in [3.63, 3.8) is 0 Å². The monoisotopic (exact) mass is 457 g/mol. The number of nitrogens with zero attached hydrogens (tertiary/aromatic N) is 5. The quantitative estimate of drug-likeness (QED) is 0.313. The third-order valence-electron chi connectivity index (χ3n) is 5.56. The molecule has 8 heteroatoms. The number of rotatable bonds is 6. The Morgan fingerprint density at radius 3 is 2.91 bits per heavy atom. The van der Waals surface area contributed by atoms with Gasteiger partial charge in [0.15, 0.2) is 0 Å². The second-order valence-electron chi connectivity index (χ2n) is 8.05. The highest BCUT2D eigenvalue weighted by Crippen LogP contribution is 2.43. The topological polar surface area (TPSA) is 82.3 Å². The van der Waals surface area contributed by atoms with Gasteiger partial charge >= 0.3 is 0 Å². The largest absolute Gasteiger partial charge is 0.399 e. The van der Waals surface area contributed by atoms with Crippen molar-refractivity contribution in [2.24, 2.45) is 5.16 Å². The van der Waals surface area contributed by atoms with Gasteiger partial charge in [-0.25, -0.2) is 9.67 Å². The minimum absolute atomic E-state index is 0.117. The van der Waals surface area contributed by atoms with Crippen molar-refractivity contribution in [1.29, 1.82) is 0 Å². The summed E-state index contributed by atoms with van der Waals surface area (Å²) in [7, 11) is 1.52. The van der Waals surface area contributed by atoms with Crippen LogP contribution < -0.4 is 0 Å². The van der Waals surface area contributed by atoms with Crippen molar-refractivity contribution in [1.82, 2.24) is 19.7 Å². The predicted molar refractivity (Wildman–Crippen MR) is 129 cm³/mol. The number of carbonyl (C=O) groups excluding carboxylic acids is 1. The SMILES string of the molecule is CO/N=C/c1cccc(-n2nc(-c3ccc(C)nc3)c3c2-c2sc(CC(C)=O)nc2CC3)c1. The molecule has 0 N–H and O–H groups in total. The lowest BCUT2D eigenvalue weighted by molar-refractivity contribution is -0.116. The van der Waals surface area contributed by atoms with Crippen LogP contribution in [0.2, 0.25) is 0 Å².